The molecular formula is C18H31N3. The average Bonchev–Trinajstić information content (AvgIpc) is 2.98. The van der Waals surface area contributed by atoms with E-state index >= 15 is 0 Å². The molecule has 0 saturated heterocycles. The van der Waals surface area contributed by atoms with Gasteiger partial charge in [0.05, 0.1) is 11.4 Å². The first kappa shape index (κ1) is 16.4. The lowest BCUT2D eigenvalue weighted by atomic mass is 10.1. The van der Waals surface area contributed by atoms with E-state index in [4.69, 9.17) is 4.98 Å². The Morgan fingerprint density at radius 1 is 1.24 bits per heavy atom. The van der Waals surface area contributed by atoms with Gasteiger partial charge in [-0.05, 0) is 37.4 Å². The van der Waals surface area contributed by atoms with E-state index < -0.39 is 0 Å². The number of aromatic nitrogens is 1. The van der Waals surface area contributed by atoms with Crippen LogP contribution in [0.5, 0.6) is 0 Å². The van der Waals surface area contributed by atoms with Gasteiger partial charge in [-0.1, -0.05) is 39.7 Å². The average molecular weight is 289 g/mol. The van der Waals surface area contributed by atoms with Crippen molar-refractivity contribution < 1.29 is 0 Å². The zero-order chi connectivity index (χ0) is 15.1. The first-order chi connectivity index (χ1) is 10.2. The summed E-state index contributed by atoms with van der Waals surface area (Å²) in [6.45, 7) is 10.8. The molecule has 0 bridgehead atoms. The van der Waals surface area contributed by atoms with Gasteiger partial charge in [0.25, 0.3) is 0 Å². The quantitative estimate of drug-likeness (QED) is 0.792. The number of hydrogen-bond donors (Lipinski definition) is 1. The smallest absolute Gasteiger partial charge is 0.0547 e. The Kier molecular flexibility index (Phi) is 6.65. The predicted molar refractivity (Wildman–Crippen MR) is 89.1 cm³/mol. The molecule has 1 aliphatic rings. The lowest BCUT2D eigenvalue weighted by Crippen LogP contribution is -2.36. The number of pyridine rings is 1. The molecule has 0 aliphatic heterocycles. The highest BCUT2D eigenvalue weighted by Crippen LogP contribution is 2.25. The number of nitrogens with one attached hydrogen (secondary N) is 1. The minimum absolute atomic E-state index is 0.718. The van der Waals surface area contributed by atoms with Crippen LogP contribution >= 0.6 is 0 Å². The summed E-state index contributed by atoms with van der Waals surface area (Å²) in [5.74, 6) is 0.718. The Morgan fingerprint density at radius 2 is 1.95 bits per heavy atom. The summed E-state index contributed by atoms with van der Waals surface area (Å²) in [5, 5.41) is 3.36. The summed E-state index contributed by atoms with van der Waals surface area (Å²) in [5.41, 5.74) is 2.38. The van der Waals surface area contributed by atoms with E-state index in [1.165, 1.54) is 37.9 Å². The number of hydrogen-bond acceptors (Lipinski definition) is 3. The first-order valence-corrected chi connectivity index (χ1v) is 8.58. The second-order valence-corrected chi connectivity index (χ2v) is 6.66. The maximum atomic E-state index is 4.82. The van der Waals surface area contributed by atoms with Gasteiger partial charge in [-0.3, -0.25) is 9.88 Å². The third kappa shape index (κ3) is 5.40. The van der Waals surface area contributed by atoms with Gasteiger partial charge in [-0.15, -0.1) is 0 Å². The lowest BCUT2D eigenvalue weighted by Gasteiger charge is -2.30. The molecule has 0 aromatic carbocycles. The molecular weight excluding hydrogens is 258 g/mol. The van der Waals surface area contributed by atoms with Crippen molar-refractivity contribution in [3.8, 4) is 0 Å². The van der Waals surface area contributed by atoms with Crippen molar-refractivity contribution in [3.05, 3.63) is 29.6 Å². The summed E-state index contributed by atoms with van der Waals surface area (Å²) in [7, 11) is 0. The summed E-state index contributed by atoms with van der Waals surface area (Å²) in [4.78, 5) is 7.49. The van der Waals surface area contributed by atoms with E-state index in [-0.39, 0.29) is 0 Å². The monoisotopic (exact) mass is 289 g/mol. The van der Waals surface area contributed by atoms with Crippen molar-refractivity contribution in [2.24, 2.45) is 5.92 Å². The van der Waals surface area contributed by atoms with E-state index in [1.54, 1.807) is 0 Å². The molecule has 1 aliphatic carbocycles. The fraction of sp³-hybridized carbons (Fsp3) is 0.722. The zero-order valence-corrected chi connectivity index (χ0v) is 13.9. The van der Waals surface area contributed by atoms with Crippen LogP contribution in [0, 0.1) is 5.92 Å². The molecule has 1 aromatic heterocycles. The molecule has 3 heteroatoms. The molecule has 0 unspecified atom stereocenters. The molecule has 1 heterocycles. The molecule has 0 atom stereocenters. The minimum atomic E-state index is 0.718. The van der Waals surface area contributed by atoms with Crippen LogP contribution in [-0.4, -0.2) is 29.0 Å². The van der Waals surface area contributed by atoms with Crippen molar-refractivity contribution in [2.75, 3.05) is 13.1 Å². The fourth-order valence-electron chi connectivity index (χ4n) is 3.26. The van der Waals surface area contributed by atoms with Crippen LogP contribution in [0.15, 0.2) is 18.2 Å². The minimum Gasteiger partial charge on any atom is -0.311 e. The molecule has 1 saturated carbocycles. The SMILES string of the molecule is CCNCc1cccc(CN(CC(C)C)C2CCCC2)n1. The molecule has 0 spiro atoms. The third-order valence-electron chi connectivity index (χ3n) is 4.23. The molecule has 1 N–H and O–H groups in total. The van der Waals surface area contributed by atoms with Crippen molar-refractivity contribution in [3.63, 3.8) is 0 Å². The summed E-state index contributed by atoms with van der Waals surface area (Å²) < 4.78 is 0. The predicted octanol–water partition coefficient (Wildman–Crippen LogP) is 3.59. The maximum absolute atomic E-state index is 4.82. The Labute approximate surface area is 130 Å². The van der Waals surface area contributed by atoms with Gasteiger partial charge in [-0.2, -0.15) is 0 Å². The Hall–Kier alpha value is -0.930. The normalized spacial score (nSPS) is 16.2. The molecule has 21 heavy (non-hydrogen) atoms. The van der Waals surface area contributed by atoms with Gasteiger partial charge >= 0.3 is 0 Å². The summed E-state index contributed by atoms with van der Waals surface area (Å²) >= 11 is 0. The van der Waals surface area contributed by atoms with Crippen molar-refractivity contribution in [1.29, 1.82) is 0 Å². The first-order valence-electron chi connectivity index (χ1n) is 8.58. The zero-order valence-electron chi connectivity index (χ0n) is 13.9. The van der Waals surface area contributed by atoms with Crippen LogP contribution in [0.3, 0.4) is 0 Å². The Balaban J connectivity index is 2.01. The van der Waals surface area contributed by atoms with E-state index in [1.807, 2.05) is 0 Å². The van der Waals surface area contributed by atoms with Crippen LogP contribution in [0.1, 0.15) is 57.8 Å². The van der Waals surface area contributed by atoms with E-state index in [0.717, 1.165) is 37.3 Å². The van der Waals surface area contributed by atoms with Crippen LogP contribution in [0.2, 0.25) is 0 Å². The second kappa shape index (κ2) is 8.50. The molecule has 2 rings (SSSR count). The molecule has 118 valence electrons. The highest BCUT2D eigenvalue weighted by molar-refractivity contribution is 5.11. The van der Waals surface area contributed by atoms with Crippen LogP contribution in [-0.2, 0) is 13.1 Å². The van der Waals surface area contributed by atoms with E-state index in [0.29, 0.717) is 0 Å². The molecule has 1 fully saturated rings. The summed E-state index contributed by atoms with van der Waals surface area (Å²) in [6.07, 6.45) is 5.52. The highest BCUT2D eigenvalue weighted by atomic mass is 15.2. The molecule has 3 nitrogen and oxygen atoms in total. The van der Waals surface area contributed by atoms with E-state index in [2.05, 4.69) is 49.2 Å². The van der Waals surface area contributed by atoms with Gasteiger partial charge in [0, 0.05) is 25.7 Å². The Morgan fingerprint density at radius 3 is 2.62 bits per heavy atom. The highest BCUT2D eigenvalue weighted by Gasteiger charge is 2.23. The maximum Gasteiger partial charge on any atom is 0.0547 e. The van der Waals surface area contributed by atoms with E-state index in [9.17, 15) is 0 Å². The largest absolute Gasteiger partial charge is 0.311 e. The molecule has 0 radical (unpaired) electrons. The fourth-order valence-corrected chi connectivity index (χ4v) is 3.26. The van der Waals surface area contributed by atoms with Gasteiger partial charge < -0.3 is 5.32 Å². The molecule has 0 amide bonds. The standard InChI is InChI=1S/C18H31N3/c1-4-19-12-16-8-7-9-17(20-16)14-21(13-15(2)3)18-10-5-6-11-18/h7-9,15,18-19H,4-6,10-14H2,1-3H3. The number of rotatable bonds is 8. The van der Waals surface area contributed by atoms with Crippen molar-refractivity contribution >= 4 is 0 Å². The lowest BCUT2D eigenvalue weighted by molar-refractivity contribution is 0.166. The van der Waals surface area contributed by atoms with Gasteiger partial charge in [0.2, 0.25) is 0 Å². The third-order valence-corrected chi connectivity index (χ3v) is 4.23. The van der Waals surface area contributed by atoms with Crippen LogP contribution < -0.4 is 5.32 Å². The Bertz CT molecular complexity index is 411. The van der Waals surface area contributed by atoms with Crippen molar-refractivity contribution in [2.45, 2.75) is 65.6 Å². The van der Waals surface area contributed by atoms with Crippen LogP contribution in [0.4, 0.5) is 0 Å². The van der Waals surface area contributed by atoms with Crippen LogP contribution in [0.25, 0.3) is 0 Å². The van der Waals surface area contributed by atoms with Gasteiger partial charge in [0.1, 0.15) is 0 Å². The molecule has 1 aromatic rings. The van der Waals surface area contributed by atoms with Gasteiger partial charge in [-0.25, -0.2) is 0 Å². The summed E-state index contributed by atoms with van der Waals surface area (Å²) in [6, 6.07) is 7.22. The topological polar surface area (TPSA) is 28.2 Å². The van der Waals surface area contributed by atoms with Gasteiger partial charge in [0.15, 0.2) is 0 Å². The van der Waals surface area contributed by atoms with Crippen molar-refractivity contribution in [1.82, 2.24) is 15.2 Å². The second-order valence-electron chi connectivity index (χ2n) is 6.66. The number of nitrogens with zero attached hydrogens (tertiary/aromatic N) is 2.